The Labute approximate surface area is 199 Å². The van der Waals surface area contributed by atoms with Gasteiger partial charge in [-0.1, -0.05) is 4.49 Å². The minimum Gasteiger partial charge on any atom is -0.377 e. The number of nitrogens with one attached hydrogen (secondary N) is 1. The maximum absolute atomic E-state index is 13.4. The zero-order valence-corrected chi connectivity index (χ0v) is 20.1. The summed E-state index contributed by atoms with van der Waals surface area (Å²) in [5, 5.41) is 8.67. The summed E-state index contributed by atoms with van der Waals surface area (Å²) in [6.45, 7) is 5.39. The molecule has 1 aliphatic heterocycles. The number of fused-ring (bicyclic) bond motifs is 4. The van der Waals surface area contributed by atoms with E-state index in [4.69, 9.17) is 4.74 Å². The molecule has 3 atom stereocenters. The van der Waals surface area contributed by atoms with Crippen LogP contribution in [0.5, 0.6) is 0 Å². The van der Waals surface area contributed by atoms with Crippen LogP contribution >= 0.6 is 22.9 Å². The summed E-state index contributed by atoms with van der Waals surface area (Å²) in [6, 6.07) is 6.25. The van der Waals surface area contributed by atoms with Crippen molar-refractivity contribution < 1.29 is 9.53 Å². The van der Waals surface area contributed by atoms with Gasteiger partial charge in [0.15, 0.2) is 0 Å². The number of aryl methyl sites for hydroxylation is 1. The molecule has 6 rings (SSSR count). The molecule has 1 fully saturated rings. The third-order valence-electron chi connectivity index (χ3n) is 6.63. The van der Waals surface area contributed by atoms with Crippen LogP contribution in [0.15, 0.2) is 24.5 Å². The molecule has 0 saturated carbocycles. The molecule has 0 bridgehead atoms. The Kier molecular flexibility index (Phi) is 5.23. The monoisotopic (exact) mass is 480 g/mol. The molecule has 0 spiro atoms. The molecular formula is C23H24N6O2S2. The SMILES string of the molecule is C[C@@H]1COC[C@H](C)N1C(=O)[C@H]1CCc2c(sc3ncnc(Nc4ccc5nnsc5c4)c23)C1. The summed E-state index contributed by atoms with van der Waals surface area (Å²) < 4.78 is 10.7. The minimum absolute atomic E-state index is 0.0131. The molecule has 2 aliphatic rings. The van der Waals surface area contributed by atoms with Crippen LogP contribution < -0.4 is 5.32 Å². The molecule has 4 heterocycles. The van der Waals surface area contributed by atoms with Crippen molar-refractivity contribution in [1.82, 2.24) is 24.5 Å². The van der Waals surface area contributed by atoms with Gasteiger partial charge in [0.2, 0.25) is 5.91 Å². The number of carbonyl (C=O) groups is 1. The van der Waals surface area contributed by atoms with Gasteiger partial charge in [-0.3, -0.25) is 4.79 Å². The van der Waals surface area contributed by atoms with Gasteiger partial charge in [-0.25, -0.2) is 9.97 Å². The van der Waals surface area contributed by atoms with Crippen molar-refractivity contribution in [2.75, 3.05) is 18.5 Å². The molecule has 8 nitrogen and oxygen atoms in total. The zero-order valence-electron chi connectivity index (χ0n) is 18.4. The molecule has 3 aromatic heterocycles. The second-order valence-corrected chi connectivity index (χ2v) is 10.8. The van der Waals surface area contributed by atoms with Crippen LogP contribution in [0.4, 0.5) is 11.5 Å². The average Bonchev–Trinajstić information content (AvgIpc) is 3.42. The predicted octanol–water partition coefficient (Wildman–Crippen LogP) is 4.18. The van der Waals surface area contributed by atoms with E-state index in [0.717, 1.165) is 51.2 Å². The second-order valence-electron chi connectivity index (χ2n) is 8.91. The number of carbonyl (C=O) groups excluding carboxylic acids is 1. The van der Waals surface area contributed by atoms with Gasteiger partial charge < -0.3 is 15.0 Å². The molecule has 1 aromatic carbocycles. The minimum atomic E-state index is 0.0131. The average molecular weight is 481 g/mol. The van der Waals surface area contributed by atoms with E-state index in [0.29, 0.717) is 13.2 Å². The van der Waals surface area contributed by atoms with E-state index < -0.39 is 0 Å². The van der Waals surface area contributed by atoms with E-state index in [2.05, 4.69) is 38.7 Å². The molecule has 170 valence electrons. The maximum atomic E-state index is 13.4. The number of amides is 1. The van der Waals surface area contributed by atoms with E-state index in [-0.39, 0.29) is 23.9 Å². The number of morpholine rings is 1. The van der Waals surface area contributed by atoms with Crippen LogP contribution in [0.3, 0.4) is 0 Å². The highest BCUT2D eigenvalue weighted by Crippen LogP contribution is 2.41. The van der Waals surface area contributed by atoms with E-state index in [1.807, 2.05) is 23.1 Å². The molecule has 1 aliphatic carbocycles. The third-order valence-corrected chi connectivity index (χ3v) is 8.48. The summed E-state index contributed by atoms with van der Waals surface area (Å²) in [4.78, 5) is 26.8. The predicted molar refractivity (Wildman–Crippen MR) is 130 cm³/mol. The normalized spacial score (nSPS) is 23.1. The van der Waals surface area contributed by atoms with Gasteiger partial charge in [0.05, 0.1) is 35.4 Å². The number of nitrogens with zero attached hydrogens (tertiary/aromatic N) is 5. The molecule has 1 amide bonds. The first-order valence-corrected chi connectivity index (χ1v) is 12.8. The number of anilines is 2. The van der Waals surface area contributed by atoms with Crippen LogP contribution in [-0.2, 0) is 22.4 Å². The van der Waals surface area contributed by atoms with Gasteiger partial charge >= 0.3 is 0 Å². The first-order chi connectivity index (χ1) is 16.1. The Balaban J connectivity index is 1.29. The molecule has 10 heteroatoms. The fraction of sp³-hybridized carbons (Fsp3) is 0.435. The lowest BCUT2D eigenvalue weighted by atomic mass is 9.86. The molecule has 33 heavy (non-hydrogen) atoms. The first kappa shape index (κ1) is 20.9. The summed E-state index contributed by atoms with van der Waals surface area (Å²) >= 11 is 3.07. The fourth-order valence-corrected chi connectivity index (χ4v) is 6.92. The van der Waals surface area contributed by atoms with Crippen LogP contribution in [0.1, 0.15) is 30.7 Å². The Morgan fingerprint density at radius 3 is 2.91 bits per heavy atom. The highest BCUT2D eigenvalue weighted by molar-refractivity contribution is 7.19. The Morgan fingerprint density at radius 2 is 2.06 bits per heavy atom. The number of ether oxygens (including phenoxy) is 1. The van der Waals surface area contributed by atoms with Crippen molar-refractivity contribution in [2.24, 2.45) is 5.92 Å². The Morgan fingerprint density at radius 1 is 1.21 bits per heavy atom. The lowest BCUT2D eigenvalue weighted by Gasteiger charge is -2.41. The van der Waals surface area contributed by atoms with Gasteiger partial charge in [0.1, 0.15) is 22.5 Å². The number of hydrogen-bond donors (Lipinski definition) is 1. The molecule has 0 radical (unpaired) electrons. The van der Waals surface area contributed by atoms with Crippen molar-refractivity contribution >= 4 is 60.7 Å². The van der Waals surface area contributed by atoms with E-state index >= 15 is 0 Å². The second kappa shape index (κ2) is 8.27. The fourth-order valence-electron chi connectivity index (χ4n) is 5.06. The standard InChI is InChI=1S/C23H24N6O2S2/c1-12-9-31-10-13(2)29(12)23(30)14-3-5-16-18(7-14)32-22-20(16)21(24-11-25-22)26-15-4-6-17-19(8-15)33-28-27-17/h4,6,8,11-14H,3,5,7,9-10H2,1-2H3,(H,24,25,26)/t12-,13+,14-/m0/s1. The molecule has 1 saturated heterocycles. The van der Waals surface area contributed by atoms with Crippen molar-refractivity contribution in [3.05, 3.63) is 35.0 Å². The van der Waals surface area contributed by atoms with Crippen LogP contribution in [0.2, 0.25) is 0 Å². The highest BCUT2D eigenvalue weighted by Gasteiger charge is 2.36. The van der Waals surface area contributed by atoms with Gasteiger partial charge in [-0.05, 0) is 68.4 Å². The molecule has 4 aromatic rings. The zero-order chi connectivity index (χ0) is 22.5. The topological polar surface area (TPSA) is 93.1 Å². The van der Waals surface area contributed by atoms with Crippen LogP contribution in [-0.4, -0.2) is 55.7 Å². The first-order valence-electron chi connectivity index (χ1n) is 11.2. The maximum Gasteiger partial charge on any atom is 0.226 e. The lowest BCUT2D eigenvalue weighted by Crippen LogP contribution is -2.54. The summed E-state index contributed by atoms with van der Waals surface area (Å²) in [5.74, 6) is 1.09. The Hall–Kier alpha value is -2.69. The summed E-state index contributed by atoms with van der Waals surface area (Å²) in [7, 11) is 0. The van der Waals surface area contributed by atoms with E-state index in [1.54, 1.807) is 17.7 Å². The lowest BCUT2D eigenvalue weighted by molar-refractivity contribution is -0.149. The number of benzene rings is 1. The van der Waals surface area contributed by atoms with Gasteiger partial charge in [0.25, 0.3) is 0 Å². The van der Waals surface area contributed by atoms with Gasteiger partial charge in [-0.15, -0.1) is 16.4 Å². The van der Waals surface area contributed by atoms with Crippen molar-refractivity contribution in [2.45, 2.75) is 45.2 Å². The largest absolute Gasteiger partial charge is 0.377 e. The van der Waals surface area contributed by atoms with Crippen molar-refractivity contribution in [3.63, 3.8) is 0 Å². The van der Waals surface area contributed by atoms with E-state index in [1.165, 1.54) is 22.0 Å². The number of hydrogen-bond acceptors (Lipinski definition) is 9. The third kappa shape index (κ3) is 3.66. The van der Waals surface area contributed by atoms with Gasteiger partial charge in [0, 0.05) is 16.5 Å². The van der Waals surface area contributed by atoms with Crippen molar-refractivity contribution in [1.29, 1.82) is 0 Å². The number of aromatic nitrogens is 4. The number of rotatable bonds is 3. The van der Waals surface area contributed by atoms with Crippen molar-refractivity contribution in [3.8, 4) is 0 Å². The molecule has 0 unspecified atom stereocenters. The van der Waals surface area contributed by atoms with Crippen LogP contribution in [0.25, 0.3) is 20.4 Å². The highest BCUT2D eigenvalue weighted by atomic mass is 32.1. The quantitative estimate of drug-likeness (QED) is 0.470. The molecular weight excluding hydrogens is 456 g/mol. The van der Waals surface area contributed by atoms with Gasteiger partial charge in [-0.2, -0.15) is 0 Å². The smallest absolute Gasteiger partial charge is 0.226 e. The Bertz CT molecular complexity index is 1340. The number of thiophene rings is 1. The molecule has 1 N–H and O–H groups in total. The summed E-state index contributed by atoms with van der Waals surface area (Å²) in [5.41, 5.74) is 3.13. The van der Waals surface area contributed by atoms with E-state index in [9.17, 15) is 4.79 Å². The summed E-state index contributed by atoms with van der Waals surface area (Å²) in [6.07, 6.45) is 4.09. The van der Waals surface area contributed by atoms with Crippen LogP contribution in [0, 0.1) is 5.92 Å².